The summed E-state index contributed by atoms with van der Waals surface area (Å²) in [5.41, 5.74) is 0.861. The summed E-state index contributed by atoms with van der Waals surface area (Å²) in [5.74, 6) is -0.841. The Hall–Kier alpha value is -0.364. The fourth-order valence-electron chi connectivity index (χ4n) is 3.00. The zero-order chi connectivity index (χ0) is 22.6. The topological polar surface area (TPSA) is 98.8 Å². The van der Waals surface area contributed by atoms with E-state index in [1.807, 2.05) is 6.92 Å². The van der Waals surface area contributed by atoms with Crippen LogP contribution in [0.25, 0.3) is 0 Å². The number of carbonyl (C=O) groups is 1. The fourth-order valence-corrected chi connectivity index (χ4v) is 5.03. The van der Waals surface area contributed by atoms with Crippen molar-refractivity contribution < 1.29 is 74.4 Å². The van der Waals surface area contributed by atoms with E-state index in [4.69, 9.17) is 27.9 Å². The van der Waals surface area contributed by atoms with Crippen LogP contribution in [0.1, 0.15) is 36.7 Å². The molecule has 0 unspecified atom stereocenters. The summed E-state index contributed by atoms with van der Waals surface area (Å²) < 4.78 is 32.8. The van der Waals surface area contributed by atoms with Gasteiger partial charge in [0.1, 0.15) is 5.75 Å². The van der Waals surface area contributed by atoms with Gasteiger partial charge in [0, 0.05) is 28.7 Å². The Morgan fingerprint density at radius 1 is 1.10 bits per heavy atom. The number of halogens is 2. The van der Waals surface area contributed by atoms with Crippen molar-refractivity contribution in [3.05, 3.63) is 45.4 Å². The molecule has 0 heterocycles. The van der Waals surface area contributed by atoms with Crippen molar-refractivity contribution in [2.24, 2.45) is 0 Å². The van der Waals surface area contributed by atoms with E-state index in [0.717, 1.165) is 0 Å². The number of carbonyl (C=O) groups excluding carboxylic acids is 1. The Morgan fingerprint density at radius 3 is 2.10 bits per heavy atom. The van der Waals surface area contributed by atoms with Gasteiger partial charge < -0.3 is 15.2 Å². The first-order chi connectivity index (χ1) is 14.1. The quantitative estimate of drug-likeness (QED) is 0.530. The van der Waals surface area contributed by atoms with E-state index in [0.29, 0.717) is 30.8 Å². The summed E-state index contributed by atoms with van der Waals surface area (Å²) in [4.78, 5) is 12.8. The summed E-state index contributed by atoms with van der Waals surface area (Å²) in [6, 6.07) is 5.31. The van der Waals surface area contributed by atoms with Crippen molar-refractivity contribution >= 4 is 44.8 Å². The minimum atomic E-state index is -3.76. The number of methoxy groups -OCH3 is 1. The van der Waals surface area contributed by atoms with Crippen molar-refractivity contribution in [2.45, 2.75) is 32.1 Å². The molecule has 0 bridgehead atoms. The molecule has 0 atom stereocenters. The standard InChI is InChI=1S/C20H24Cl2N2O5S.K/c1-5-12-8-14(30(27,28)24(6-2)7-3)11-17(19(12)29-4)23-20(26)13-9-15(21)18(25)16(22)10-13;/h8-11,25H,5-7H2,1-4H3,(H,23,26);/q;+1/p-1. The fraction of sp³-hybridized carbons (Fsp3) is 0.350. The molecular weight excluding hydrogens is 490 g/mol. The normalized spacial score (nSPS) is 11.2. The van der Waals surface area contributed by atoms with E-state index in [-0.39, 0.29) is 77.6 Å². The number of hydrogen-bond donors (Lipinski definition) is 1. The maximum atomic E-state index is 13.0. The van der Waals surface area contributed by atoms with Gasteiger partial charge in [0.05, 0.1) is 17.7 Å². The van der Waals surface area contributed by atoms with Gasteiger partial charge in [-0.2, -0.15) is 4.31 Å². The van der Waals surface area contributed by atoms with E-state index in [9.17, 15) is 18.3 Å². The van der Waals surface area contributed by atoms with E-state index in [1.165, 1.54) is 29.6 Å². The van der Waals surface area contributed by atoms with Crippen LogP contribution in [0.5, 0.6) is 11.5 Å². The summed E-state index contributed by atoms with van der Waals surface area (Å²) in [5, 5.41) is 13.9. The number of aryl methyl sites for hydroxylation is 1. The van der Waals surface area contributed by atoms with Crippen molar-refractivity contribution in [1.29, 1.82) is 0 Å². The predicted octanol–water partition coefficient (Wildman–Crippen LogP) is 0.925. The van der Waals surface area contributed by atoms with Gasteiger partial charge >= 0.3 is 51.4 Å². The van der Waals surface area contributed by atoms with Crippen LogP contribution in [0.3, 0.4) is 0 Å². The van der Waals surface area contributed by atoms with Crippen LogP contribution in [0, 0.1) is 0 Å². The molecule has 2 aromatic rings. The molecule has 0 spiro atoms. The number of hydrogen-bond acceptors (Lipinski definition) is 5. The molecule has 164 valence electrons. The SMILES string of the molecule is CCc1cc(S(=O)(=O)N(CC)CC)cc(NC(=O)c2cc(Cl)c([O-])c(Cl)c2)c1OC.[K+]. The summed E-state index contributed by atoms with van der Waals surface area (Å²) in [6.45, 7) is 5.98. The second kappa shape index (κ2) is 12.2. The molecule has 31 heavy (non-hydrogen) atoms. The van der Waals surface area contributed by atoms with Crippen LogP contribution in [0.2, 0.25) is 10.0 Å². The van der Waals surface area contributed by atoms with Crippen LogP contribution < -0.4 is 66.5 Å². The van der Waals surface area contributed by atoms with E-state index >= 15 is 0 Å². The van der Waals surface area contributed by atoms with E-state index in [2.05, 4.69) is 5.32 Å². The zero-order valence-electron chi connectivity index (χ0n) is 18.1. The number of nitrogens with one attached hydrogen (secondary N) is 1. The Morgan fingerprint density at radius 2 is 1.65 bits per heavy atom. The Balaban J connectivity index is 0.00000480. The first-order valence-electron chi connectivity index (χ1n) is 9.29. The number of nitrogens with zero attached hydrogens (tertiary/aromatic N) is 1. The van der Waals surface area contributed by atoms with Gasteiger partial charge in [-0.3, -0.25) is 4.79 Å². The third kappa shape index (κ3) is 6.36. The van der Waals surface area contributed by atoms with Crippen LogP contribution in [0.4, 0.5) is 5.69 Å². The average molecular weight is 513 g/mol. The predicted molar refractivity (Wildman–Crippen MR) is 116 cm³/mol. The molecule has 0 saturated heterocycles. The minimum absolute atomic E-state index is 0. The third-order valence-electron chi connectivity index (χ3n) is 4.58. The second-order valence-electron chi connectivity index (χ2n) is 6.33. The summed E-state index contributed by atoms with van der Waals surface area (Å²) >= 11 is 11.7. The molecule has 2 aromatic carbocycles. The molecule has 1 N–H and O–H groups in total. The molecule has 0 aliphatic carbocycles. The first kappa shape index (κ1) is 28.7. The number of benzene rings is 2. The molecule has 11 heteroatoms. The Kier molecular flexibility index (Phi) is 11.3. The molecule has 0 saturated carbocycles. The van der Waals surface area contributed by atoms with Crippen LogP contribution in [0.15, 0.2) is 29.2 Å². The van der Waals surface area contributed by atoms with Crippen molar-refractivity contribution in [1.82, 2.24) is 4.31 Å². The van der Waals surface area contributed by atoms with Crippen molar-refractivity contribution in [2.75, 3.05) is 25.5 Å². The number of sulfonamides is 1. The molecule has 0 radical (unpaired) electrons. The average Bonchev–Trinajstić information content (AvgIpc) is 2.71. The minimum Gasteiger partial charge on any atom is -0.870 e. The molecular formula is C20H23Cl2KN2O5S. The smallest absolute Gasteiger partial charge is 0.870 e. The molecule has 0 aromatic heterocycles. The van der Waals surface area contributed by atoms with Gasteiger partial charge in [-0.25, -0.2) is 8.42 Å². The number of anilines is 1. The van der Waals surface area contributed by atoms with Crippen LogP contribution in [-0.4, -0.2) is 38.8 Å². The van der Waals surface area contributed by atoms with Gasteiger partial charge in [0.2, 0.25) is 10.0 Å². The van der Waals surface area contributed by atoms with Crippen molar-refractivity contribution in [3.8, 4) is 11.5 Å². The largest absolute Gasteiger partial charge is 1.00 e. The van der Waals surface area contributed by atoms with Gasteiger partial charge in [-0.05, 0) is 36.2 Å². The van der Waals surface area contributed by atoms with Gasteiger partial charge in [0.25, 0.3) is 5.91 Å². The summed E-state index contributed by atoms with van der Waals surface area (Å²) in [6.07, 6.45) is 0.482. The molecule has 7 nitrogen and oxygen atoms in total. The number of rotatable bonds is 8. The maximum Gasteiger partial charge on any atom is 1.00 e. The van der Waals surface area contributed by atoms with Crippen LogP contribution >= 0.6 is 23.2 Å². The van der Waals surface area contributed by atoms with E-state index in [1.54, 1.807) is 19.9 Å². The summed E-state index contributed by atoms with van der Waals surface area (Å²) in [7, 11) is -2.32. The maximum absolute atomic E-state index is 13.0. The molecule has 2 rings (SSSR count). The van der Waals surface area contributed by atoms with Crippen LogP contribution in [-0.2, 0) is 16.4 Å². The van der Waals surface area contributed by atoms with E-state index < -0.39 is 21.7 Å². The molecule has 0 fully saturated rings. The Bertz CT molecular complexity index is 1040. The number of amides is 1. The Labute approximate surface area is 235 Å². The zero-order valence-corrected chi connectivity index (χ0v) is 23.5. The third-order valence-corrected chi connectivity index (χ3v) is 7.17. The second-order valence-corrected chi connectivity index (χ2v) is 9.08. The van der Waals surface area contributed by atoms with Crippen molar-refractivity contribution in [3.63, 3.8) is 0 Å². The first-order valence-corrected chi connectivity index (χ1v) is 11.5. The van der Waals surface area contributed by atoms with Gasteiger partial charge in [-0.15, -0.1) is 0 Å². The molecule has 0 aliphatic heterocycles. The number of ether oxygens (including phenoxy) is 1. The molecule has 1 amide bonds. The van der Waals surface area contributed by atoms with Gasteiger partial charge in [0.15, 0.2) is 0 Å². The van der Waals surface area contributed by atoms with Gasteiger partial charge in [-0.1, -0.05) is 49.7 Å². The molecule has 0 aliphatic rings. The monoisotopic (exact) mass is 512 g/mol.